The maximum Gasteiger partial charge on any atom is 0.228 e. The van der Waals surface area contributed by atoms with Crippen LogP contribution in [0.15, 0.2) is 30.3 Å². The summed E-state index contributed by atoms with van der Waals surface area (Å²) in [6.07, 6.45) is 2.84. The van der Waals surface area contributed by atoms with Crippen LogP contribution in [0.3, 0.4) is 0 Å². The summed E-state index contributed by atoms with van der Waals surface area (Å²) in [5.41, 5.74) is 11.7. The smallest absolute Gasteiger partial charge is 0.228 e. The minimum Gasteiger partial charge on any atom is -0.369 e. The first-order chi connectivity index (χ1) is 7.71. The molecule has 0 saturated heterocycles. The monoisotopic (exact) mass is 218 g/mol. The Morgan fingerprint density at radius 3 is 2.62 bits per heavy atom. The summed E-state index contributed by atoms with van der Waals surface area (Å²) in [4.78, 5) is 11.6. The summed E-state index contributed by atoms with van der Waals surface area (Å²) in [6, 6.07) is 9.85. The number of hydrogen-bond donors (Lipinski definition) is 2. The van der Waals surface area contributed by atoms with E-state index in [1.807, 2.05) is 30.3 Å². The molecule has 1 aliphatic carbocycles. The second kappa shape index (κ2) is 4.26. The molecular weight excluding hydrogens is 200 g/mol. The van der Waals surface area contributed by atoms with Gasteiger partial charge in [-0.25, -0.2) is 0 Å². The van der Waals surface area contributed by atoms with Gasteiger partial charge in [-0.15, -0.1) is 0 Å². The highest BCUT2D eigenvalue weighted by Gasteiger charge is 2.59. The van der Waals surface area contributed by atoms with Crippen molar-refractivity contribution in [1.82, 2.24) is 0 Å². The fourth-order valence-corrected chi connectivity index (χ4v) is 2.58. The third-order valence-electron chi connectivity index (χ3n) is 3.59. The molecule has 0 heterocycles. The molecule has 0 aliphatic heterocycles. The minimum atomic E-state index is -0.406. The van der Waals surface area contributed by atoms with Crippen LogP contribution < -0.4 is 11.5 Å². The molecule has 1 aliphatic rings. The molecule has 4 N–H and O–H groups in total. The van der Waals surface area contributed by atoms with Gasteiger partial charge < -0.3 is 11.5 Å². The van der Waals surface area contributed by atoms with E-state index in [-0.39, 0.29) is 5.91 Å². The second-order valence-electron chi connectivity index (χ2n) is 4.53. The summed E-state index contributed by atoms with van der Waals surface area (Å²) in [6.45, 7) is 0.681. The first kappa shape index (κ1) is 11.1. The number of primary amides is 1. The summed E-state index contributed by atoms with van der Waals surface area (Å²) >= 11 is 0. The van der Waals surface area contributed by atoms with E-state index in [2.05, 4.69) is 0 Å². The lowest BCUT2D eigenvalue weighted by molar-refractivity contribution is -0.120. The Balaban J connectivity index is 2.18. The molecule has 1 amide bonds. The predicted molar refractivity (Wildman–Crippen MR) is 63.7 cm³/mol. The lowest BCUT2D eigenvalue weighted by Gasteiger charge is -2.13. The topological polar surface area (TPSA) is 69.1 Å². The van der Waals surface area contributed by atoms with Gasteiger partial charge in [0.2, 0.25) is 5.91 Å². The molecule has 1 fully saturated rings. The number of amides is 1. The van der Waals surface area contributed by atoms with Crippen molar-refractivity contribution in [3.05, 3.63) is 35.9 Å². The van der Waals surface area contributed by atoms with Crippen LogP contribution in [-0.2, 0) is 10.2 Å². The average molecular weight is 218 g/mol. The van der Waals surface area contributed by atoms with Crippen LogP contribution in [-0.4, -0.2) is 12.5 Å². The van der Waals surface area contributed by atoms with E-state index >= 15 is 0 Å². The maximum atomic E-state index is 11.6. The highest BCUT2D eigenvalue weighted by Crippen LogP contribution is 2.56. The summed E-state index contributed by atoms with van der Waals surface area (Å²) < 4.78 is 0. The Morgan fingerprint density at radius 1 is 1.38 bits per heavy atom. The molecule has 3 nitrogen and oxygen atoms in total. The number of carbonyl (C=O) groups is 1. The highest BCUT2D eigenvalue weighted by molar-refractivity contribution is 5.90. The van der Waals surface area contributed by atoms with Crippen LogP contribution in [0.2, 0.25) is 0 Å². The summed E-state index contributed by atoms with van der Waals surface area (Å²) in [5.74, 6) is 0.191. The molecule has 2 unspecified atom stereocenters. The SMILES string of the molecule is NCCCC1CC1(C(N)=O)c1ccccc1. The Morgan fingerprint density at radius 2 is 2.06 bits per heavy atom. The van der Waals surface area contributed by atoms with Crippen LogP contribution in [0.25, 0.3) is 0 Å². The van der Waals surface area contributed by atoms with Crippen molar-refractivity contribution < 1.29 is 4.79 Å². The van der Waals surface area contributed by atoms with Crippen molar-refractivity contribution in [3.8, 4) is 0 Å². The molecule has 16 heavy (non-hydrogen) atoms. The molecule has 1 aromatic rings. The zero-order valence-corrected chi connectivity index (χ0v) is 9.36. The van der Waals surface area contributed by atoms with Crippen molar-refractivity contribution in [2.24, 2.45) is 17.4 Å². The van der Waals surface area contributed by atoms with Gasteiger partial charge in [-0.05, 0) is 37.3 Å². The van der Waals surface area contributed by atoms with Crippen molar-refractivity contribution in [1.29, 1.82) is 0 Å². The zero-order valence-electron chi connectivity index (χ0n) is 9.36. The molecule has 0 aromatic heterocycles. The quantitative estimate of drug-likeness (QED) is 0.779. The molecule has 2 atom stereocenters. The lowest BCUT2D eigenvalue weighted by atomic mass is 9.91. The molecule has 0 radical (unpaired) electrons. The first-order valence-electron chi connectivity index (χ1n) is 5.77. The normalized spacial score (nSPS) is 27.7. The molecular formula is C13H18N2O. The van der Waals surface area contributed by atoms with Crippen LogP contribution >= 0.6 is 0 Å². The Bertz CT molecular complexity index is 377. The van der Waals surface area contributed by atoms with Crippen molar-refractivity contribution in [2.45, 2.75) is 24.7 Å². The van der Waals surface area contributed by atoms with Gasteiger partial charge in [0.25, 0.3) is 0 Å². The zero-order chi connectivity index (χ0) is 11.6. The van der Waals surface area contributed by atoms with E-state index in [0.717, 1.165) is 24.8 Å². The molecule has 3 heteroatoms. The molecule has 0 bridgehead atoms. The predicted octanol–water partition coefficient (Wildman–Crippen LogP) is 1.17. The minimum absolute atomic E-state index is 0.194. The lowest BCUT2D eigenvalue weighted by Crippen LogP contribution is -2.30. The van der Waals surface area contributed by atoms with Gasteiger partial charge in [-0.3, -0.25) is 4.79 Å². The van der Waals surface area contributed by atoms with E-state index in [1.165, 1.54) is 0 Å². The van der Waals surface area contributed by atoms with Gasteiger partial charge in [0.15, 0.2) is 0 Å². The van der Waals surface area contributed by atoms with Gasteiger partial charge in [0.1, 0.15) is 0 Å². The van der Waals surface area contributed by atoms with Crippen LogP contribution in [0.1, 0.15) is 24.8 Å². The molecule has 1 saturated carbocycles. The largest absolute Gasteiger partial charge is 0.369 e. The van der Waals surface area contributed by atoms with Crippen molar-refractivity contribution >= 4 is 5.91 Å². The Labute approximate surface area is 95.8 Å². The fraction of sp³-hybridized carbons (Fsp3) is 0.462. The van der Waals surface area contributed by atoms with Crippen molar-refractivity contribution in [2.75, 3.05) is 6.54 Å². The third kappa shape index (κ3) is 1.71. The third-order valence-corrected chi connectivity index (χ3v) is 3.59. The average Bonchev–Trinajstić information content (AvgIpc) is 3.03. The fourth-order valence-electron chi connectivity index (χ4n) is 2.58. The molecule has 2 rings (SSSR count). The van der Waals surface area contributed by atoms with Crippen LogP contribution in [0, 0.1) is 5.92 Å². The van der Waals surface area contributed by atoms with Gasteiger partial charge in [-0.2, -0.15) is 0 Å². The highest BCUT2D eigenvalue weighted by atomic mass is 16.1. The molecule has 1 aromatic carbocycles. The number of benzene rings is 1. The van der Waals surface area contributed by atoms with Gasteiger partial charge in [0.05, 0.1) is 5.41 Å². The van der Waals surface area contributed by atoms with Crippen molar-refractivity contribution in [3.63, 3.8) is 0 Å². The van der Waals surface area contributed by atoms with E-state index in [0.29, 0.717) is 12.5 Å². The number of nitrogens with two attached hydrogens (primary N) is 2. The van der Waals surface area contributed by atoms with Crippen LogP contribution in [0.5, 0.6) is 0 Å². The number of rotatable bonds is 5. The standard InChI is InChI=1S/C13H18N2O/c14-8-4-7-11-9-13(11,12(15)16)10-5-2-1-3-6-10/h1-3,5-6,11H,4,7-9,14H2,(H2,15,16). The van der Waals surface area contributed by atoms with E-state index in [9.17, 15) is 4.79 Å². The van der Waals surface area contributed by atoms with E-state index in [1.54, 1.807) is 0 Å². The van der Waals surface area contributed by atoms with Gasteiger partial charge in [0, 0.05) is 0 Å². The number of carbonyl (C=O) groups excluding carboxylic acids is 1. The summed E-state index contributed by atoms with van der Waals surface area (Å²) in [5, 5.41) is 0. The van der Waals surface area contributed by atoms with Gasteiger partial charge in [-0.1, -0.05) is 30.3 Å². The molecule has 0 spiro atoms. The number of hydrogen-bond acceptors (Lipinski definition) is 2. The first-order valence-corrected chi connectivity index (χ1v) is 5.77. The Hall–Kier alpha value is -1.35. The van der Waals surface area contributed by atoms with Crippen LogP contribution in [0.4, 0.5) is 0 Å². The summed E-state index contributed by atoms with van der Waals surface area (Å²) in [7, 11) is 0. The molecule has 86 valence electrons. The van der Waals surface area contributed by atoms with E-state index < -0.39 is 5.41 Å². The maximum absolute atomic E-state index is 11.6. The van der Waals surface area contributed by atoms with E-state index in [4.69, 9.17) is 11.5 Å². The Kier molecular flexibility index (Phi) is 2.97. The second-order valence-corrected chi connectivity index (χ2v) is 4.53. The van der Waals surface area contributed by atoms with Gasteiger partial charge >= 0.3 is 0 Å².